The first-order chi connectivity index (χ1) is 9.80. The van der Waals surface area contributed by atoms with Gasteiger partial charge in [-0.15, -0.1) is 0 Å². The highest BCUT2D eigenvalue weighted by molar-refractivity contribution is 9.10. The maximum absolute atomic E-state index is 11.9. The monoisotopic (exact) mass is 357 g/mol. The number of hydrogen-bond acceptors (Lipinski definition) is 4. The summed E-state index contributed by atoms with van der Waals surface area (Å²) in [5.41, 5.74) is 0.735. The molecular weight excluding hydrogens is 334 g/mol. The van der Waals surface area contributed by atoms with Crippen LogP contribution in [0.2, 0.25) is 0 Å². The third-order valence-electron chi connectivity index (χ3n) is 3.93. The van der Waals surface area contributed by atoms with E-state index in [-0.39, 0.29) is 17.1 Å². The fraction of sp³-hybridized carbons (Fsp3) is 0.733. The summed E-state index contributed by atoms with van der Waals surface area (Å²) in [6, 6.07) is 0. The molecule has 1 N–H and O–H groups in total. The zero-order valence-corrected chi connectivity index (χ0v) is 14.7. The van der Waals surface area contributed by atoms with Crippen LogP contribution in [0.5, 0.6) is 0 Å². The van der Waals surface area contributed by atoms with Crippen molar-refractivity contribution in [3.63, 3.8) is 0 Å². The number of aromatic nitrogens is 2. The number of nitrogens with zero attached hydrogens (tertiary/aromatic N) is 2. The number of nitrogens with one attached hydrogen (secondary N) is 1. The molecule has 6 heteroatoms. The lowest BCUT2D eigenvalue weighted by atomic mass is 9.78. The second-order valence-electron chi connectivity index (χ2n) is 6.74. The summed E-state index contributed by atoms with van der Waals surface area (Å²) in [4.78, 5) is 11.9. The van der Waals surface area contributed by atoms with E-state index < -0.39 is 0 Å². The Morgan fingerprint density at radius 3 is 2.90 bits per heavy atom. The molecule has 1 aliphatic heterocycles. The van der Waals surface area contributed by atoms with Gasteiger partial charge in [0, 0.05) is 26.1 Å². The van der Waals surface area contributed by atoms with E-state index in [1.165, 1.54) is 4.68 Å². The second-order valence-corrected chi connectivity index (χ2v) is 7.53. The Kier molecular flexibility index (Phi) is 5.09. The van der Waals surface area contributed by atoms with E-state index in [9.17, 15) is 4.79 Å². The zero-order chi connectivity index (χ0) is 15.6. The summed E-state index contributed by atoms with van der Waals surface area (Å²) in [6.07, 6.45) is 4.15. The lowest BCUT2D eigenvalue weighted by Crippen LogP contribution is -2.42. The van der Waals surface area contributed by atoms with Crippen LogP contribution in [0, 0.1) is 11.3 Å². The Morgan fingerprint density at radius 2 is 2.24 bits per heavy atom. The van der Waals surface area contributed by atoms with Crippen LogP contribution in [0.3, 0.4) is 0 Å². The largest absolute Gasteiger partial charge is 0.382 e. The molecular formula is C15H24BrN3O2. The number of halogens is 1. The average Bonchev–Trinajstić information content (AvgIpc) is 2.43. The van der Waals surface area contributed by atoms with Gasteiger partial charge in [0.25, 0.3) is 5.56 Å². The smallest absolute Gasteiger partial charge is 0.282 e. The molecule has 1 aliphatic rings. The summed E-state index contributed by atoms with van der Waals surface area (Å²) in [5.74, 6) is 0.440. The summed E-state index contributed by atoms with van der Waals surface area (Å²) < 4.78 is 7.83. The van der Waals surface area contributed by atoms with Crippen molar-refractivity contribution >= 4 is 21.6 Å². The normalized spacial score (nSPS) is 23.1. The molecule has 0 aromatic carbocycles. The van der Waals surface area contributed by atoms with Gasteiger partial charge in [0.1, 0.15) is 4.47 Å². The summed E-state index contributed by atoms with van der Waals surface area (Å²) >= 11 is 3.34. The Bertz CT molecular complexity index is 551. The predicted molar refractivity (Wildman–Crippen MR) is 87.6 cm³/mol. The van der Waals surface area contributed by atoms with Crippen molar-refractivity contribution in [3.8, 4) is 0 Å². The van der Waals surface area contributed by atoms with Crippen LogP contribution in [-0.2, 0) is 11.8 Å². The molecule has 0 radical (unpaired) electrons. The maximum atomic E-state index is 11.9. The molecule has 0 saturated carbocycles. The minimum Gasteiger partial charge on any atom is -0.382 e. The third-order valence-corrected chi connectivity index (χ3v) is 4.70. The second kappa shape index (κ2) is 6.48. The molecule has 0 spiro atoms. The highest BCUT2D eigenvalue weighted by Crippen LogP contribution is 2.34. The summed E-state index contributed by atoms with van der Waals surface area (Å²) in [6.45, 7) is 8.27. The topological polar surface area (TPSA) is 56.1 Å². The molecule has 118 valence electrons. The van der Waals surface area contributed by atoms with E-state index in [4.69, 9.17) is 4.74 Å². The number of hydrogen-bond donors (Lipinski definition) is 1. The van der Waals surface area contributed by atoms with Crippen molar-refractivity contribution < 1.29 is 4.74 Å². The number of aryl methyl sites for hydroxylation is 1. The van der Waals surface area contributed by atoms with Crippen LogP contribution in [-0.4, -0.2) is 29.0 Å². The lowest BCUT2D eigenvalue weighted by molar-refractivity contribution is -0.0814. The van der Waals surface area contributed by atoms with E-state index >= 15 is 0 Å². The lowest BCUT2D eigenvalue weighted by Gasteiger charge is -2.40. The number of anilines is 1. The van der Waals surface area contributed by atoms with E-state index in [2.05, 4.69) is 47.1 Å². The van der Waals surface area contributed by atoms with Crippen molar-refractivity contribution in [2.45, 2.75) is 39.7 Å². The van der Waals surface area contributed by atoms with Crippen molar-refractivity contribution in [2.24, 2.45) is 18.4 Å². The fourth-order valence-corrected chi connectivity index (χ4v) is 3.38. The van der Waals surface area contributed by atoms with E-state index in [0.717, 1.165) is 31.7 Å². The van der Waals surface area contributed by atoms with Crippen molar-refractivity contribution in [1.29, 1.82) is 0 Å². The minimum absolute atomic E-state index is 0.120. The quantitative estimate of drug-likeness (QED) is 0.903. The Balaban J connectivity index is 2.08. The van der Waals surface area contributed by atoms with Crippen LogP contribution in [0.25, 0.3) is 0 Å². The van der Waals surface area contributed by atoms with Crippen LogP contribution in [0.15, 0.2) is 15.5 Å². The molecule has 2 heterocycles. The Hall–Kier alpha value is -0.880. The molecule has 0 aliphatic carbocycles. The van der Waals surface area contributed by atoms with Gasteiger partial charge in [0.2, 0.25) is 0 Å². The van der Waals surface area contributed by atoms with Crippen molar-refractivity contribution in [2.75, 3.05) is 18.5 Å². The predicted octanol–water partition coefficient (Wildman–Crippen LogP) is 2.80. The number of rotatable bonds is 3. The van der Waals surface area contributed by atoms with Gasteiger partial charge >= 0.3 is 0 Å². The zero-order valence-electron chi connectivity index (χ0n) is 13.1. The molecule has 2 unspecified atom stereocenters. The van der Waals surface area contributed by atoms with Gasteiger partial charge in [-0.1, -0.05) is 20.8 Å². The molecule has 0 amide bonds. The summed E-state index contributed by atoms with van der Waals surface area (Å²) in [7, 11) is 1.64. The maximum Gasteiger partial charge on any atom is 0.282 e. The minimum atomic E-state index is -0.132. The Labute approximate surface area is 134 Å². The molecule has 21 heavy (non-hydrogen) atoms. The molecule has 1 aromatic rings. The average molecular weight is 358 g/mol. The fourth-order valence-electron chi connectivity index (χ4n) is 2.88. The SMILES string of the molecule is Cn1ncc(NCC2CCCOC2C(C)(C)C)c(Br)c1=O. The molecule has 0 bridgehead atoms. The molecule has 1 fully saturated rings. The van der Waals surface area contributed by atoms with Crippen LogP contribution in [0.1, 0.15) is 33.6 Å². The van der Waals surface area contributed by atoms with Gasteiger partial charge in [-0.05, 0) is 34.2 Å². The third kappa shape index (κ3) is 3.86. The summed E-state index contributed by atoms with van der Waals surface area (Å²) in [5, 5.41) is 7.40. The van der Waals surface area contributed by atoms with Crippen molar-refractivity contribution in [3.05, 3.63) is 21.0 Å². The number of ether oxygens (including phenoxy) is 1. The van der Waals surface area contributed by atoms with E-state index in [1.807, 2.05) is 0 Å². The van der Waals surface area contributed by atoms with Crippen molar-refractivity contribution in [1.82, 2.24) is 9.78 Å². The first-order valence-electron chi connectivity index (χ1n) is 7.38. The van der Waals surface area contributed by atoms with E-state index in [1.54, 1.807) is 13.2 Å². The van der Waals surface area contributed by atoms with Gasteiger partial charge < -0.3 is 10.1 Å². The van der Waals surface area contributed by atoms with Crippen LogP contribution < -0.4 is 10.9 Å². The molecule has 5 nitrogen and oxygen atoms in total. The first kappa shape index (κ1) is 16.5. The van der Waals surface area contributed by atoms with Crippen LogP contribution >= 0.6 is 15.9 Å². The molecule has 1 saturated heterocycles. The van der Waals surface area contributed by atoms with Gasteiger partial charge in [-0.25, -0.2) is 4.68 Å². The highest BCUT2D eigenvalue weighted by Gasteiger charge is 2.35. The van der Waals surface area contributed by atoms with Gasteiger partial charge in [-0.2, -0.15) is 5.10 Å². The van der Waals surface area contributed by atoms with Gasteiger partial charge in [0.15, 0.2) is 0 Å². The molecule has 2 atom stereocenters. The Morgan fingerprint density at radius 1 is 1.52 bits per heavy atom. The van der Waals surface area contributed by atoms with Gasteiger partial charge in [0.05, 0.1) is 18.0 Å². The van der Waals surface area contributed by atoms with Gasteiger partial charge in [-0.3, -0.25) is 4.79 Å². The van der Waals surface area contributed by atoms with Crippen LogP contribution in [0.4, 0.5) is 5.69 Å². The standard InChI is InChI=1S/C15H24BrN3O2/c1-15(2,3)13-10(6-5-7-21-13)8-17-11-9-18-19(4)14(20)12(11)16/h9-10,13,17H,5-8H2,1-4H3. The molecule has 1 aromatic heterocycles. The first-order valence-corrected chi connectivity index (χ1v) is 8.17. The highest BCUT2D eigenvalue weighted by atomic mass is 79.9. The molecule has 2 rings (SSSR count). The van der Waals surface area contributed by atoms with E-state index in [0.29, 0.717) is 10.4 Å².